The average molecular weight is 505 g/mol. The third-order valence-corrected chi connectivity index (χ3v) is 6.06. The van der Waals surface area contributed by atoms with Gasteiger partial charge in [-0.05, 0) is 83.6 Å². The van der Waals surface area contributed by atoms with Crippen molar-refractivity contribution in [3.63, 3.8) is 0 Å². The van der Waals surface area contributed by atoms with Crippen molar-refractivity contribution in [3.8, 4) is 22.9 Å². The van der Waals surface area contributed by atoms with Gasteiger partial charge in [-0.15, -0.1) is 0 Å². The van der Waals surface area contributed by atoms with Crippen LogP contribution in [0.5, 0.6) is 11.5 Å². The first kappa shape index (κ1) is 26.9. The Kier molecular flexibility index (Phi) is 10.3. The summed E-state index contributed by atoms with van der Waals surface area (Å²) < 4.78 is 11.5. The Morgan fingerprint density at radius 3 is 1.32 bits per heavy atom. The van der Waals surface area contributed by atoms with Gasteiger partial charge in [0.2, 0.25) is 0 Å². The summed E-state index contributed by atoms with van der Waals surface area (Å²) in [7, 11) is 0. The van der Waals surface area contributed by atoms with Crippen molar-refractivity contribution in [1.29, 1.82) is 0 Å². The van der Waals surface area contributed by atoms with Crippen LogP contribution in [0.4, 0.5) is 0 Å². The second-order valence-electron chi connectivity index (χ2n) is 9.16. The number of benzene rings is 2. The number of nitrogens with zero attached hydrogens (tertiary/aromatic N) is 2. The minimum absolute atomic E-state index is 0.762. The number of ether oxygens (including phenoxy) is 2. The second-order valence-corrected chi connectivity index (χ2v) is 9.16. The maximum atomic E-state index is 5.75. The summed E-state index contributed by atoms with van der Waals surface area (Å²) in [5, 5.41) is 0. The summed E-state index contributed by atoms with van der Waals surface area (Å²) in [6.45, 7) is 5.85. The van der Waals surface area contributed by atoms with Crippen molar-refractivity contribution in [2.24, 2.45) is 0 Å². The van der Waals surface area contributed by atoms with E-state index in [2.05, 4.69) is 84.5 Å². The quantitative estimate of drug-likeness (QED) is 0.171. The summed E-state index contributed by atoms with van der Waals surface area (Å²) in [5.41, 5.74) is 6.07. The molecule has 0 fully saturated rings. The molecule has 0 aliphatic carbocycles. The van der Waals surface area contributed by atoms with Crippen LogP contribution in [0.3, 0.4) is 0 Å². The highest BCUT2D eigenvalue weighted by Gasteiger charge is 2.03. The molecule has 0 saturated heterocycles. The van der Waals surface area contributed by atoms with Crippen molar-refractivity contribution >= 4 is 24.3 Å². The molecule has 2 aromatic carbocycles. The van der Waals surface area contributed by atoms with E-state index in [0.29, 0.717) is 0 Å². The molecule has 2 aromatic heterocycles. The Labute approximate surface area is 226 Å². The van der Waals surface area contributed by atoms with Gasteiger partial charge >= 0.3 is 0 Å². The molecule has 0 amide bonds. The van der Waals surface area contributed by atoms with Gasteiger partial charge in [-0.1, -0.05) is 75.3 Å². The highest BCUT2D eigenvalue weighted by molar-refractivity contribution is 5.74. The van der Waals surface area contributed by atoms with Gasteiger partial charge in [0.15, 0.2) is 0 Å². The lowest BCUT2D eigenvalue weighted by atomic mass is 10.1. The SMILES string of the molecule is CCCCOc1ccc(C=Cc2ccnc(-c3cc(C=Cc4ccc(OCCCC)cc4)ccn3)c2)cc1. The lowest BCUT2D eigenvalue weighted by Gasteiger charge is -2.05. The lowest BCUT2D eigenvalue weighted by molar-refractivity contribution is 0.309. The van der Waals surface area contributed by atoms with Crippen molar-refractivity contribution in [2.45, 2.75) is 39.5 Å². The molecule has 0 bridgehead atoms. The second kappa shape index (κ2) is 14.5. The molecule has 0 saturated carbocycles. The van der Waals surface area contributed by atoms with E-state index in [-0.39, 0.29) is 0 Å². The molecule has 194 valence electrons. The van der Waals surface area contributed by atoms with E-state index in [0.717, 1.165) is 84.0 Å². The Morgan fingerprint density at radius 2 is 0.921 bits per heavy atom. The van der Waals surface area contributed by atoms with E-state index >= 15 is 0 Å². The topological polar surface area (TPSA) is 44.2 Å². The van der Waals surface area contributed by atoms with Gasteiger partial charge in [0, 0.05) is 12.4 Å². The fraction of sp³-hybridized carbons (Fsp3) is 0.235. The molecule has 4 nitrogen and oxygen atoms in total. The Morgan fingerprint density at radius 1 is 0.526 bits per heavy atom. The fourth-order valence-electron chi connectivity index (χ4n) is 3.79. The zero-order valence-electron chi connectivity index (χ0n) is 22.3. The van der Waals surface area contributed by atoms with Crippen LogP contribution in [0.2, 0.25) is 0 Å². The molecule has 0 atom stereocenters. The van der Waals surface area contributed by atoms with Gasteiger partial charge < -0.3 is 9.47 Å². The standard InChI is InChI=1S/C34H36N2O2/c1-3-5-23-37-31-15-11-27(12-16-31)7-9-29-19-21-35-33(25-29)34-26-30(20-22-36-34)10-8-28-13-17-32(18-14-28)38-24-6-4-2/h7-22,25-26H,3-6,23-24H2,1-2H3. The van der Waals surface area contributed by atoms with Gasteiger partial charge in [-0.2, -0.15) is 0 Å². The van der Waals surface area contributed by atoms with Gasteiger partial charge in [0.05, 0.1) is 24.6 Å². The van der Waals surface area contributed by atoms with Crippen molar-refractivity contribution < 1.29 is 9.47 Å². The van der Waals surface area contributed by atoms with Gasteiger partial charge in [-0.3, -0.25) is 9.97 Å². The molecular weight excluding hydrogens is 468 g/mol. The molecule has 0 N–H and O–H groups in total. The van der Waals surface area contributed by atoms with Crippen LogP contribution in [0.25, 0.3) is 35.7 Å². The Bertz CT molecular complexity index is 1220. The van der Waals surface area contributed by atoms with Crippen LogP contribution in [-0.4, -0.2) is 23.2 Å². The zero-order chi connectivity index (χ0) is 26.4. The summed E-state index contributed by atoms with van der Waals surface area (Å²) in [6.07, 6.45) is 16.5. The maximum Gasteiger partial charge on any atom is 0.119 e. The number of hydrogen-bond donors (Lipinski definition) is 0. The predicted molar refractivity (Wildman–Crippen MR) is 159 cm³/mol. The highest BCUT2D eigenvalue weighted by Crippen LogP contribution is 2.21. The van der Waals surface area contributed by atoms with Crippen LogP contribution in [0.1, 0.15) is 61.8 Å². The van der Waals surface area contributed by atoms with E-state index in [1.165, 1.54) is 0 Å². The van der Waals surface area contributed by atoms with E-state index in [4.69, 9.17) is 9.47 Å². The normalized spacial score (nSPS) is 11.3. The van der Waals surface area contributed by atoms with E-state index in [1.54, 1.807) is 0 Å². The number of aromatic nitrogens is 2. The minimum atomic E-state index is 0.762. The first-order valence-electron chi connectivity index (χ1n) is 13.5. The van der Waals surface area contributed by atoms with E-state index < -0.39 is 0 Å². The van der Waals surface area contributed by atoms with Gasteiger partial charge in [0.25, 0.3) is 0 Å². The first-order valence-corrected chi connectivity index (χ1v) is 13.5. The molecule has 0 aliphatic rings. The van der Waals surface area contributed by atoms with Crippen LogP contribution in [0, 0.1) is 0 Å². The van der Waals surface area contributed by atoms with Crippen molar-refractivity contribution in [1.82, 2.24) is 9.97 Å². The van der Waals surface area contributed by atoms with Crippen LogP contribution in [-0.2, 0) is 0 Å². The summed E-state index contributed by atoms with van der Waals surface area (Å²) in [5.74, 6) is 1.82. The lowest BCUT2D eigenvalue weighted by Crippen LogP contribution is -1.95. The van der Waals surface area contributed by atoms with E-state index in [1.807, 2.05) is 48.8 Å². The summed E-state index contributed by atoms with van der Waals surface area (Å²) >= 11 is 0. The molecular formula is C34H36N2O2. The minimum Gasteiger partial charge on any atom is -0.494 e. The predicted octanol–water partition coefficient (Wildman–Crippen LogP) is 8.84. The third-order valence-electron chi connectivity index (χ3n) is 6.06. The number of rotatable bonds is 13. The third kappa shape index (κ3) is 8.45. The van der Waals surface area contributed by atoms with Gasteiger partial charge in [-0.25, -0.2) is 0 Å². The Balaban J connectivity index is 1.39. The molecule has 0 spiro atoms. The maximum absolute atomic E-state index is 5.75. The molecule has 2 heterocycles. The van der Waals surface area contributed by atoms with Crippen molar-refractivity contribution in [2.75, 3.05) is 13.2 Å². The van der Waals surface area contributed by atoms with E-state index in [9.17, 15) is 0 Å². The molecule has 38 heavy (non-hydrogen) atoms. The number of hydrogen-bond acceptors (Lipinski definition) is 4. The smallest absolute Gasteiger partial charge is 0.119 e. The van der Waals surface area contributed by atoms with Crippen molar-refractivity contribution in [3.05, 3.63) is 107 Å². The fourth-order valence-corrected chi connectivity index (χ4v) is 3.79. The largest absolute Gasteiger partial charge is 0.494 e. The molecule has 0 aliphatic heterocycles. The zero-order valence-corrected chi connectivity index (χ0v) is 22.3. The first-order chi connectivity index (χ1) is 18.7. The molecule has 4 heteroatoms. The van der Waals surface area contributed by atoms with Crippen LogP contribution in [0.15, 0.2) is 85.2 Å². The number of unbranched alkanes of at least 4 members (excludes halogenated alkanes) is 2. The van der Waals surface area contributed by atoms with Crippen LogP contribution >= 0.6 is 0 Å². The molecule has 0 unspecified atom stereocenters. The number of pyridine rings is 2. The Hall–Kier alpha value is -4.18. The molecule has 4 aromatic rings. The average Bonchev–Trinajstić information content (AvgIpc) is 2.97. The monoisotopic (exact) mass is 504 g/mol. The van der Waals surface area contributed by atoms with Crippen LogP contribution < -0.4 is 9.47 Å². The molecule has 4 rings (SSSR count). The van der Waals surface area contributed by atoms with Gasteiger partial charge in [0.1, 0.15) is 11.5 Å². The molecule has 0 radical (unpaired) electrons. The summed E-state index contributed by atoms with van der Waals surface area (Å²) in [6, 6.07) is 24.5. The summed E-state index contributed by atoms with van der Waals surface area (Å²) in [4.78, 5) is 9.12. The highest BCUT2D eigenvalue weighted by atomic mass is 16.5.